The van der Waals surface area contributed by atoms with Crippen molar-refractivity contribution in [2.24, 2.45) is 0 Å². The number of hydrogen-bond donors (Lipinski definition) is 1. The minimum absolute atomic E-state index is 0.0324. The van der Waals surface area contributed by atoms with E-state index in [0.29, 0.717) is 22.0 Å². The quantitative estimate of drug-likeness (QED) is 0.589. The molecule has 1 N–H and O–H groups in total. The van der Waals surface area contributed by atoms with E-state index in [2.05, 4.69) is 5.32 Å². The Morgan fingerprint density at radius 3 is 2.47 bits per heavy atom. The fourth-order valence-corrected chi connectivity index (χ4v) is 3.39. The van der Waals surface area contributed by atoms with Crippen molar-refractivity contribution in [3.8, 4) is 5.75 Å². The third-order valence-electron chi connectivity index (χ3n) is 4.36. The minimum atomic E-state index is -0.740. The second-order valence-corrected chi connectivity index (χ2v) is 7.91. The molecule has 0 heterocycles. The molecule has 0 radical (unpaired) electrons. The van der Waals surface area contributed by atoms with Crippen LogP contribution < -0.4 is 10.1 Å². The Kier molecular flexibility index (Phi) is 8.93. The van der Waals surface area contributed by atoms with Crippen molar-refractivity contribution in [1.29, 1.82) is 0 Å². The molecule has 0 saturated heterocycles. The van der Waals surface area contributed by atoms with E-state index in [4.69, 9.17) is 27.9 Å². The summed E-state index contributed by atoms with van der Waals surface area (Å²) in [6.45, 7) is 5.16. The fourth-order valence-electron chi connectivity index (χ4n) is 2.92. The molecule has 0 aliphatic heterocycles. The van der Waals surface area contributed by atoms with Crippen LogP contribution in [0.3, 0.4) is 0 Å². The van der Waals surface area contributed by atoms with Crippen LogP contribution in [0.1, 0.15) is 32.8 Å². The summed E-state index contributed by atoms with van der Waals surface area (Å²) in [6, 6.07) is 9.94. The molecule has 0 aromatic heterocycles. The van der Waals surface area contributed by atoms with Crippen molar-refractivity contribution in [3.05, 3.63) is 63.9 Å². The van der Waals surface area contributed by atoms with Gasteiger partial charge in [-0.05, 0) is 50.1 Å². The number of nitrogens with zero attached hydrogens (tertiary/aromatic N) is 1. The van der Waals surface area contributed by atoms with Crippen molar-refractivity contribution >= 4 is 35.0 Å². The van der Waals surface area contributed by atoms with E-state index in [1.807, 2.05) is 20.8 Å². The molecule has 2 aromatic carbocycles. The topological polar surface area (TPSA) is 58.6 Å². The third-order valence-corrected chi connectivity index (χ3v) is 4.95. The fraction of sp³-hybridized carbons (Fsp3) is 0.364. The van der Waals surface area contributed by atoms with Crippen LogP contribution in [0.2, 0.25) is 10.0 Å². The second kappa shape index (κ2) is 11.2. The molecule has 8 heteroatoms. The van der Waals surface area contributed by atoms with E-state index < -0.39 is 24.4 Å². The van der Waals surface area contributed by atoms with Crippen molar-refractivity contribution in [2.45, 2.75) is 45.8 Å². The zero-order valence-corrected chi connectivity index (χ0v) is 18.6. The Bertz CT molecular complexity index is 892. The Morgan fingerprint density at radius 2 is 1.87 bits per heavy atom. The molecule has 2 aromatic rings. The SMILES string of the molecule is CCC(C(=O)NC(C)C)N(Cc1ccc(Cl)cc1Cl)C(=O)COc1ccccc1F. The first-order chi connectivity index (χ1) is 14.2. The number of rotatable bonds is 9. The lowest BCUT2D eigenvalue weighted by molar-refractivity contribution is -0.143. The summed E-state index contributed by atoms with van der Waals surface area (Å²) in [5.74, 6) is -1.34. The highest BCUT2D eigenvalue weighted by atomic mass is 35.5. The number of halogens is 3. The van der Waals surface area contributed by atoms with Crippen LogP contribution >= 0.6 is 23.2 Å². The van der Waals surface area contributed by atoms with Crippen LogP contribution in [0.25, 0.3) is 0 Å². The van der Waals surface area contributed by atoms with Gasteiger partial charge in [-0.25, -0.2) is 4.39 Å². The molecule has 30 heavy (non-hydrogen) atoms. The highest BCUT2D eigenvalue weighted by molar-refractivity contribution is 6.35. The highest BCUT2D eigenvalue weighted by Crippen LogP contribution is 2.24. The van der Waals surface area contributed by atoms with Crippen LogP contribution in [0.4, 0.5) is 4.39 Å². The molecule has 0 aliphatic carbocycles. The summed E-state index contributed by atoms with van der Waals surface area (Å²) in [6.07, 6.45) is 0.384. The predicted molar refractivity (Wildman–Crippen MR) is 116 cm³/mol. The van der Waals surface area contributed by atoms with E-state index >= 15 is 0 Å². The zero-order valence-electron chi connectivity index (χ0n) is 17.1. The van der Waals surface area contributed by atoms with Gasteiger partial charge in [0.2, 0.25) is 5.91 Å². The standard InChI is InChI=1S/C22H25Cl2FN2O3/c1-4-19(22(29)26-14(2)3)27(12-15-9-10-16(23)11-17(15)24)21(28)13-30-20-8-6-5-7-18(20)25/h5-11,14,19H,4,12-13H2,1-3H3,(H,26,29). The zero-order chi connectivity index (χ0) is 22.3. The molecular weight excluding hydrogens is 430 g/mol. The lowest BCUT2D eigenvalue weighted by Crippen LogP contribution is -2.51. The van der Waals surface area contributed by atoms with Gasteiger partial charge in [-0.3, -0.25) is 9.59 Å². The highest BCUT2D eigenvalue weighted by Gasteiger charge is 2.30. The van der Waals surface area contributed by atoms with Crippen LogP contribution in [0, 0.1) is 5.82 Å². The molecule has 2 amide bonds. The maximum Gasteiger partial charge on any atom is 0.261 e. The number of carbonyl (C=O) groups is 2. The van der Waals surface area contributed by atoms with Gasteiger partial charge in [-0.2, -0.15) is 0 Å². The van der Waals surface area contributed by atoms with E-state index in [0.717, 1.165) is 0 Å². The van der Waals surface area contributed by atoms with Gasteiger partial charge in [0, 0.05) is 22.6 Å². The molecule has 0 fully saturated rings. The molecule has 0 bridgehead atoms. The normalized spacial score (nSPS) is 11.8. The van der Waals surface area contributed by atoms with Crippen LogP contribution in [0.15, 0.2) is 42.5 Å². The molecule has 0 spiro atoms. The smallest absolute Gasteiger partial charge is 0.261 e. The first-order valence-electron chi connectivity index (χ1n) is 9.64. The lowest BCUT2D eigenvalue weighted by atomic mass is 10.1. The van der Waals surface area contributed by atoms with Crippen molar-refractivity contribution in [2.75, 3.05) is 6.61 Å². The first-order valence-corrected chi connectivity index (χ1v) is 10.4. The molecule has 1 unspecified atom stereocenters. The van der Waals surface area contributed by atoms with Crippen LogP contribution in [-0.4, -0.2) is 35.4 Å². The maximum atomic E-state index is 13.8. The van der Waals surface area contributed by atoms with E-state index in [1.54, 1.807) is 24.3 Å². The summed E-state index contributed by atoms with van der Waals surface area (Å²) in [7, 11) is 0. The van der Waals surface area contributed by atoms with Gasteiger partial charge < -0.3 is 15.0 Å². The van der Waals surface area contributed by atoms with Gasteiger partial charge in [0.15, 0.2) is 18.2 Å². The number of ether oxygens (including phenoxy) is 1. The van der Waals surface area contributed by atoms with Gasteiger partial charge >= 0.3 is 0 Å². The van der Waals surface area contributed by atoms with Crippen molar-refractivity contribution < 1.29 is 18.7 Å². The average Bonchev–Trinajstić information content (AvgIpc) is 2.68. The first kappa shape index (κ1) is 24.0. The summed E-state index contributed by atoms with van der Waals surface area (Å²) in [5, 5.41) is 3.68. The number of carbonyl (C=O) groups excluding carboxylic acids is 2. The summed E-state index contributed by atoms with van der Waals surface area (Å²) >= 11 is 12.2. The monoisotopic (exact) mass is 454 g/mol. The molecular formula is C22H25Cl2FN2O3. The van der Waals surface area contributed by atoms with Gasteiger partial charge in [0.05, 0.1) is 0 Å². The van der Waals surface area contributed by atoms with Gasteiger partial charge in [-0.1, -0.05) is 48.3 Å². The second-order valence-electron chi connectivity index (χ2n) is 7.06. The molecule has 0 aliphatic rings. The number of nitrogens with one attached hydrogen (secondary N) is 1. The van der Waals surface area contributed by atoms with Crippen LogP contribution in [0.5, 0.6) is 5.75 Å². The van der Waals surface area contributed by atoms with E-state index in [9.17, 15) is 14.0 Å². The Morgan fingerprint density at radius 1 is 1.17 bits per heavy atom. The van der Waals surface area contributed by atoms with Gasteiger partial charge in [0.1, 0.15) is 6.04 Å². The number of benzene rings is 2. The molecule has 5 nitrogen and oxygen atoms in total. The number of para-hydroxylation sites is 1. The largest absolute Gasteiger partial charge is 0.481 e. The Labute approximate surface area is 186 Å². The Hall–Kier alpha value is -2.31. The molecule has 162 valence electrons. The van der Waals surface area contributed by atoms with E-state index in [-0.39, 0.29) is 24.2 Å². The summed E-state index contributed by atoms with van der Waals surface area (Å²) in [4.78, 5) is 27.2. The van der Waals surface area contributed by atoms with E-state index in [1.165, 1.54) is 23.1 Å². The number of hydrogen-bond acceptors (Lipinski definition) is 3. The minimum Gasteiger partial charge on any atom is -0.481 e. The molecule has 1 atom stereocenters. The predicted octanol–water partition coefficient (Wildman–Crippen LogP) is 4.84. The van der Waals surface area contributed by atoms with Gasteiger partial charge in [0.25, 0.3) is 5.91 Å². The summed E-state index contributed by atoms with van der Waals surface area (Å²) < 4.78 is 19.2. The third kappa shape index (κ3) is 6.61. The van der Waals surface area contributed by atoms with Crippen molar-refractivity contribution in [3.63, 3.8) is 0 Å². The molecule has 2 rings (SSSR count). The maximum absolute atomic E-state index is 13.8. The summed E-state index contributed by atoms with van der Waals surface area (Å²) in [5.41, 5.74) is 0.635. The van der Waals surface area contributed by atoms with Crippen LogP contribution in [-0.2, 0) is 16.1 Å². The van der Waals surface area contributed by atoms with Crippen molar-refractivity contribution in [1.82, 2.24) is 10.2 Å². The average molecular weight is 455 g/mol. The van der Waals surface area contributed by atoms with Gasteiger partial charge in [-0.15, -0.1) is 0 Å². The Balaban J connectivity index is 2.27. The number of amides is 2. The lowest BCUT2D eigenvalue weighted by Gasteiger charge is -2.31. The molecule has 0 saturated carbocycles.